The summed E-state index contributed by atoms with van der Waals surface area (Å²) in [6.07, 6.45) is 7.17. The van der Waals surface area contributed by atoms with Crippen molar-refractivity contribution in [2.24, 2.45) is 17.8 Å². The molecule has 0 saturated heterocycles. The minimum atomic E-state index is -0.0673. The van der Waals surface area contributed by atoms with Crippen molar-refractivity contribution in [1.82, 2.24) is 5.32 Å². The summed E-state index contributed by atoms with van der Waals surface area (Å²) in [5.74, 6) is 1.96. The third-order valence-electron chi connectivity index (χ3n) is 3.57. The van der Waals surface area contributed by atoms with Gasteiger partial charge < -0.3 is 10.1 Å². The summed E-state index contributed by atoms with van der Waals surface area (Å²) in [4.78, 5) is 10.7. The summed E-state index contributed by atoms with van der Waals surface area (Å²) in [5.41, 5.74) is 0. The van der Waals surface area contributed by atoms with Crippen molar-refractivity contribution in [3.63, 3.8) is 0 Å². The number of carbonyl (C=O) groups excluding carboxylic acids is 1. The molecule has 3 heteroatoms. The molecule has 17 heavy (non-hydrogen) atoms. The SMILES string of the molecule is CC(=O)NC=COC1CC(C)CCC1C(C)C. The maximum atomic E-state index is 10.7. The highest BCUT2D eigenvalue weighted by atomic mass is 16.5. The Morgan fingerprint density at radius 2 is 2.12 bits per heavy atom. The van der Waals surface area contributed by atoms with Crippen LogP contribution in [0.1, 0.15) is 47.0 Å². The Morgan fingerprint density at radius 1 is 1.41 bits per heavy atom. The molecule has 1 saturated carbocycles. The lowest BCUT2D eigenvalue weighted by Gasteiger charge is -2.36. The molecule has 0 bridgehead atoms. The minimum Gasteiger partial charge on any atom is -0.496 e. The van der Waals surface area contributed by atoms with Gasteiger partial charge in [-0.3, -0.25) is 4.79 Å². The van der Waals surface area contributed by atoms with Crippen molar-refractivity contribution >= 4 is 5.91 Å². The molecule has 0 spiro atoms. The number of amides is 1. The van der Waals surface area contributed by atoms with Gasteiger partial charge in [-0.05, 0) is 30.6 Å². The van der Waals surface area contributed by atoms with E-state index in [1.165, 1.54) is 19.8 Å². The van der Waals surface area contributed by atoms with Gasteiger partial charge in [0.25, 0.3) is 0 Å². The quantitative estimate of drug-likeness (QED) is 0.766. The van der Waals surface area contributed by atoms with Crippen LogP contribution in [0.3, 0.4) is 0 Å². The van der Waals surface area contributed by atoms with Gasteiger partial charge in [-0.15, -0.1) is 0 Å². The first-order valence-electron chi connectivity index (χ1n) is 6.58. The number of hydrogen-bond acceptors (Lipinski definition) is 2. The number of rotatable bonds is 4. The van der Waals surface area contributed by atoms with E-state index in [2.05, 4.69) is 26.1 Å². The van der Waals surface area contributed by atoms with Crippen molar-refractivity contribution in [2.45, 2.75) is 53.1 Å². The molecule has 98 valence electrons. The molecule has 0 heterocycles. The van der Waals surface area contributed by atoms with Gasteiger partial charge in [0, 0.05) is 13.1 Å². The first-order valence-corrected chi connectivity index (χ1v) is 6.58. The van der Waals surface area contributed by atoms with Crippen molar-refractivity contribution in [1.29, 1.82) is 0 Å². The number of nitrogens with one attached hydrogen (secondary N) is 1. The summed E-state index contributed by atoms with van der Waals surface area (Å²) in [7, 11) is 0. The molecule has 1 N–H and O–H groups in total. The van der Waals surface area contributed by atoms with Crippen LogP contribution in [0.25, 0.3) is 0 Å². The zero-order valence-electron chi connectivity index (χ0n) is 11.4. The number of carbonyl (C=O) groups is 1. The zero-order valence-corrected chi connectivity index (χ0v) is 11.4. The highest BCUT2D eigenvalue weighted by molar-refractivity contribution is 5.73. The minimum absolute atomic E-state index is 0.0673. The van der Waals surface area contributed by atoms with Crippen LogP contribution in [-0.2, 0) is 9.53 Å². The van der Waals surface area contributed by atoms with Crippen LogP contribution in [0.2, 0.25) is 0 Å². The van der Waals surface area contributed by atoms with Gasteiger partial charge in [0.15, 0.2) is 0 Å². The maximum Gasteiger partial charge on any atom is 0.220 e. The van der Waals surface area contributed by atoms with Gasteiger partial charge >= 0.3 is 0 Å². The second kappa shape index (κ2) is 6.67. The molecule has 0 aromatic rings. The zero-order chi connectivity index (χ0) is 12.8. The Kier molecular flexibility index (Phi) is 5.52. The van der Waals surface area contributed by atoms with Crippen LogP contribution in [-0.4, -0.2) is 12.0 Å². The summed E-state index contributed by atoms with van der Waals surface area (Å²) < 4.78 is 5.78. The summed E-state index contributed by atoms with van der Waals surface area (Å²) in [5, 5.41) is 2.60. The maximum absolute atomic E-state index is 10.7. The molecule has 3 nitrogen and oxygen atoms in total. The Labute approximate surface area is 105 Å². The number of hydrogen-bond donors (Lipinski definition) is 1. The van der Waals surface area contributed by atoms with Crippen molar-refractivity contribution in [3.8, 4) is 0 Å². The van der Waals surface area contributed by atoms with Crippen LogP contribution in [0.15, 0.2) is 12.5 Å². The smallest absolute Gasteiger partial charge is 0.220 e. The summed E-state index contributed by atoms with van der Waals surface area (Å²) >= 11 is 0. The average molecular weight is 239 g/mol. The normalized spacial score (nSPS) is 29.6. The lowest BCUT2D eigenvalue weighted by Crippen LogP contribution is -2.33. The van der Waals surface area contributed by atoms with E-state index in [9.17, 15) is 4.79 Å². The van der Waals surface area contributed by atoms with Gasteiger partial charge in [-0.1, -0.05) is 27.2 Å². The standard InChI is InChI=1S/C14H25NO2/c1-10(2)13-6-5-11(3)9-14(13)17-8-7-15-12(4)16/h7-8,10-11,13-14H,5-6,9H2,1-4H3,(H,15,16). The topological polar surface area (TPSA) is 38.3 Å². The van der Waals surface area contributed by atoms with E-state index in [4.69, 9.17) is 4.74 Å². The van der Waals surface area contributed by atoms with Crippen molar-refractivity contribution < 1.29 is 9.53 Å². The van der Waals surface area contributed by atoms with E-state index in [0.29, 0.717) is 17.9 Å². The third-order valence-corrected chi connectivity index (χ3v) is 3.57. The molecular formula is C14H25NO2. The monoisotopic (exact) mass is 239 g/mol. The Morgan fingerprint density at radius 3 is 2.71 bits per heavy atom. The van der Waals surface area contributed by atoms with E-state index < -0.39 is 0 Å². The van der Waals surface area contributed by atoms with Gasteiger partial charge in [-0.2, -0.15) is 0 Å². The van der Waals surface area contributed by atoms with Gasteiger partial charge in [0.2, 0.25) is 5.91 Å². The second-order valence-corrected chi connectivity index (χ2v) is 5.50. The predicted molar refractivity (Wildman–Crippen MR) is 69.2 cm³/mol. The molecule has 0 aliphatic heterocycles. The molecule has 1 rings (SSSR count). The molecular weight excluding hydrogens is 214 g/mol. The van der Waals surface area contributed by atoms with Gasteiger partial charge in [0.1, 0.15) is 6.10 Å². The third kappa shape index (κ3) is 4.80. The molecule has 3 atom stereocenters. The van der Waals surface area contributed by atoms with Gasteiger partial charge in [-0.25, -0.2) is 0 Å². The Balaban J connectivity index is 2.46. The van der Waals surface area contributed by atoms with Crippen LogP contribution in [0.4, 0.5) is 0 Å². The average Bonchev–Trinajstić information content (AvgIpc) is 2.23. The van der Waals surface area contributed by atoms with Crippen LogP contribution >= 0.6 is 0 Å². The second-order valence-electron chi connectivity index (χ2n) is 5.50. The molecule has 1 aliphatic rings. The fourth-order valence-corrected chi connectivity index (χ4v) is 2.56. The molecule has 0 radical (unpaired) electrons. The highest BCUT2D eigenvalue weighted by Crippen LogP contribution is 2.35. The molecule has 1 amide bonds. The van der Waals surface area contributed by atoms with E-state index in [0.717, 1.165) is 12.3 Å². The van der Waals surface area contributed by atoms with Gasteiger partial charge in [0.05, 0.1) is 6.26 Å². The summed E-state index contributed by atoms with van der Waals surface area (Å²) in [6.45, 7) is 8.29. The van der Waals surface area contributed by atoms with Crippen LogP contribution in [0, 0.1) is 17.8 Å². The predicted octanol–water partition coefficient (Wildman–Crippen LogP) is 3.07. The first kappa shape index (κ1) is 14.1. The van der Waals surface area contributed by atoms with Crippen LogP contribution in [0.5, 0.6) is 0 Å². The molecule has 1 aliphatic carbocycles. The van der Waals surface area contributed by atoms with E-state index in [-0.39, 0.29) is 5.91 Å². The lowest BCUT2D eigenvalue weighted by molar-refractivity contribution is -0.118. The molecule has 0 aromatic carbocycles. The molecule has 0 aromatic heterocycles. The number of ether oxygens (including phenoxy) is 1. The van der Waals surface area contributed by atoms with E-state index in [1.807, 2.05) is 0 Å². The van der Waals surface area contributed by atoms with Crippen molar-refractivity contribution in [2.75, 3.05) is 0 Å². The summed E-state index contributed by atoms with van der Waals surface area (Å²) in [6, 6.07) is 0. The Bertz CT molecular complexity index is 273. The van der Waals surface area contributed by atoms with E-state index in [1.54, 1.807) is 12.5 Å². The van der Waals surface area contributed by atoms with E-state index >= 15 is 0 Å². The Hall–Kier alpha value is -0.990. The lowest BCUT2D eigenvalue weighted by atomic mass is 9.75. The molecule has 1 fully saturated rings. The fourth-order valence-electron chi connectivity index (χ4n) is 2.56. The molecule has 3 unspecified atom stereocenters. The largest absolute Gasteiger partial charge is 0.496 e. The van der Waals surface area contributed by atoms with Crippen molar-refractivity contribution in [3.05, 3.63) is 12.5 Å². The first-order chi connectivity index (χ1) is 8.00. The van der Waals surface area contributed by atoms with Crippen LogP contribution < -0.4 is 5.32 Å². The fraction of sp³-hybridized carbons (Fsp3) is 0.786. The highest BCUT2D eigenvalue weighted by Gasteiger charge is 2.31.